The van der Waals surface area contributed by atoms with Gasteiger partial charge in [0.2, 0.25) is 0 Å². The Labute approximate surface area is 147 Å². The molecule has 124 valence electrons. The Balaban J connectivity index is 1.68. The summed E-state index contributed by atoms with van der Waals surface area (Å²) in [5.74, 6) is 0. The molecule has 2 heterocycles. The average molecular weight is 339 g/mol. The highest BCUT2D eigenvalue weighted by Gasteiger charge is 2.32. The van der Waals surface area contributed by atoms with Gasteiger partial charge in [-0.3, -0.25) is 4.90 Å². The Kier molecular flexibility index (Phi) is 4.21. The van der Waals surface area contributed by atoms with Crippen LogP contribution < -0.4 is 4.90 Å². The zero-order valence-corrected chi connectivity index (χ0v) is 14.6. The molecule has 0 atom stereocenters. The van der Waals surface area contributed by atoms with Crippen LogP contribution in [-0.2, 0) is 0 Å². The number of hydrogen-bond donors (Lipinski definition) is 0. The standard InChI is InChI=1S/C19H21N3OS/c1-2-20-11-13-21(14-12-20)19(23)22-15-7-3-5-9-17(15)24-18-10-6-4-8-16(18)22/h3-10H,2,11-14H2,1H3. The molecule has 0 saturated carbocycles. The van der Waals surface area contributed by atoms with E-state index in [0.717, 1.165) is 53.9 Å². The molecule has 0 spiro atoms. The molecular weight excluding hydrogens is 318 g/mol. The predicted octanol–water partition coefficient (Wildman–Crippen LogP) is 4.05. The number of urea groups is 1. The summed E-state index contributed by atoms with van der Waals surface area (Å²) in [6.07, 6.45) is 0. The van der Waals surface area contributed by atoms with Gasteiger partial charge in [0.15, 0.2) is 0 Å². The Morgan fingerprint density at radius 1 is 0.917 bits per heavy atom. The van der Waals surface area contributed by atoms with E-state index in [2.05, 4.69) is 24.0 Å². The minimum Gasteiger partial charge on any atom is -0.321 e. The van der Waals surface area contributed by atoms with Crippen LogP contribution in [0.4, 0.5) is 16.2 Å². The quantitative estimate of drug-likeness (QED) is 0.784. The Morgan fingerprint density at radius 3 is 2.00 bits per heavy atom. The predicted molar refractivity (Wildman–Crippen MR) is 98.2 cm³/mol. The molecule has 24 heavy (non-hydrogen) atoms. The lowest BCUT2D eigenvalue weighted by atomic mass is 10.2. The van der Waals surface area contributed by atoms with Crippen LogP contribution in [0.5, 0.6) is 0 Å². The van der Waals surface area contributed by atoms with Crippen molar-refractivity contribution in [1.29, 1.82) is 0 Å². The van der Waals surface area contributed by atoms with Gasteiger partial charge in [0.05, 0.1) is 11.4 Å². The van der Waals surface area contributed by atoms with Crippen LogP contribution in [0.3, 0.4) is 0 Å². The molecule has 2 amide bonds. The molecule has 2 aromatic rings. The monoisotopic (exact) mass is 339 g/mol. The number of hydrogen-bond acceptors (Lipinski definition) is 3. The first kappa shape index (κ1) is 15.5. The van der Waals surface area contributed by atoms with Crippen LogP contribution >= 0.6 is 11.8 Å². The number of nitrogens with zero attached hydrogens (tertiary/aromatic N) is 3. The van der Waals surface area contributed by atoms with Gasteiger partial charge in [-0.15, -0.1) is 0 Å². The molecule has 0 aliphatic carbocycles. The normalized spacial score (nSPS) is 17.4. The van der Waals surface area contributed by atoms with Gasteiger partial charge in [-0.2, -0.15) is 0 Å². The Bertz CT molecular complexity index is 710. The molecular formula is C19H21N3OS. The highest BCUT2D eigenvalue weighted by Crippen LogP contribution is 2.48. The fourth-order valence-electron chi connectivity index (χ4n) is 3.31. The third-order valence-electron chi connectivity index (χ3n) is 4.71. The number of likely N-dealkylation sites (N-methyl/N-ethyl adjacent to an activating group) is 1. The lowest BCUT2D eigenvalue weighted by Crippen LogP contribution is -2.52. The van der Waals surface area contributed by atoms with Gasteiger partial charge in [0.1, 0.15) is 0 Å². The Hall–Kier alpha value is -1.98. The lowest BCUT2D eigenvalue weighted by molar-refractivity contribution is 0.148. The molecule has 2 aliphatic heterocycles. The average Bonchev–Trinajstić information content (AvgIpc) is 2.65. The summed E-state index contributed by atoms with van der Waals surface area (Å²) in [6.45, 7) is 6.71. The number of rotatable bonds is 1. The van der Waals surface area contributed by atoms with Crippen molar-refractivity contribution in [2.75, 3.05) is 37.6 Å². The van der Waals surface area contributed by atoms with Crippen molar-refractivity contribution in [3.8, 4) is 0 Å². The highest BCUT2D eigenvalue weighted by molar-refractivity contribution is 7.99. The van der Waals surface area contributed by atoms with Crippen LogP contribution in [0, 0.1) is 0 Å². The van der Waals surface area contributed by atoms with Crippen molar-refractivity contribution >= 4 is 29.2 Å². The summed E-state index contributed by atoms with van der Waals surface area (Å²) in [5, 5.41) is 0. The van der Waals surface area contributed by atoms with Crippen LogP contribution in [0.1, 0.15) is 6.92 Å². The number of fused-ring (bicyclic) bond motifs is 2. The summed E-state index contributed by atoms with van der Waals surface area (Å²) in [6, 6.07) is 16.4. The van der Waals surface area contributed by atoms with Crippen LogP contribution in [0.15, 0.2) is 58.3 Å². The van der Waals surface area contributed by atoms with Gasteiger partial charge in [-0.05, 0) is 30.8 Å². The maximum atomic E-state index is 13.3. The fourth-order valence-corrected chi connectivity index (χ4v) is 4.37. The zero-order chi connectivity index (χ0) is 16.5. The molecule has 0 aromatic heterocycles. The molecule has 5 heteroatoms. The van der Waals surface area contributed by atoms with Gasteiger partial charge in [-0.1, -0.05) is 43.0 Å². The van der Waals surface area contributed by atoms with Gasteiger partial charge >= 0.3 is 6.03 Å². The van der Waals surface area contributed by atoms with Gasteiger partial charge in [0, 0.05) is 36.0 Å². The summed E-state index contributed by atoms with van der Waals surface area (Å²) < 4.78 is 0. The molecule has 4 nitrogen and oxygen atoms in total. The topological polar surface area (TPSA) is 26.8 Å². The molecule has 4 rings (SSSR count). The third-order valence-corrected chi connectivity index (χ3v) is 5.84. The summed E-state index contributed by atoms with van der Waals surface area (Å²) in [5.41, 5.74) is 1.98. The molecule has 0 N–H and O–H groups in total. The maximum absolute atomic E-state index is 13.3. The van der Waals surface area contributed by atoms with Crippen molar-refractivity contribution in [2.24, 2.45) is 0 Å². The zero-order valence-electron chi connectivity index (χ0n) is 13.8. The lowest BCUT2D eigenvalue weighted by Gasteiger charge is -2.39. The van der Waals surface area contributed by atoms with Crippen molar-refractivity contribution in [2.45, 2.75) is 16.7 Å². The summed E-state index contributed by atoms with van der Waals surface area (Å²) in [4.78, 5) is 21.8. The van der Waals surface area contributed by atoms with E-state index in [1.807, 2.05) is 46.2 Å². The number of piperazine rings is 1. The largest absolute Gasteiger partial charge is 0.329 e. The second kappa shape index (κ2) is 6.49. The number of carbonyl (C=O) groups is 1. The highest BCUT2D eigenvalue weighted by atomic mass is 32.2. The molecule has 0 radical (unpaired) electrons. The van der Waals surface area contributed by atoms with E-state index in [0.29, 0.717) is 0 Å². The van der Waals surface area contributed by atoms with Crippen LogP contribution in [0.2, 0.25) is 0 Å². The second-order valence-corrected chi connectivity index (χ2v) is 7.16. The van der Waals surface area contributed by atoms with Crippen molar-refractivity contribution < 1.29 is 4.79 Å². The summed E-state index contributed by atoms with van der Waals surface area (Å²) in [7, 11) is 0. The maximum Gasteiger partial charge on any atom is 0.329 e. The first-order chi connectivity index (χ1) is 11.8. The van der Waals surface area contributed by atoms with Gasteiger partial charge < -0.3 is 9.80 Å². The Morgan fingerprint density at radius 2 is 1.46 bits per heavy atom. The van der Waals surface area contributed by atoms with Crippen molar-refractivity contribution in [3.05, 3.63) is 48.5 Å². The first-order valence-electron chi connectivity index (χ1n) is 8.45. The van der Waals surface area contributed by atoms with E-state index in [9.17, 15) is 4.79 Å². The molecule has 2 aromatic carbocycles. The van der Waals surface area contributed by atoms with Crippen molar-refractivity contribution in [3.63, 3.8) is 0 Å². The summed E-state index contributed by atoms with van der Waals surface area (Å²) >= 11 is 1.73. The number of anilines is 2. The molecule has 1 fully saturated rings. The molecule has 1 saturated heterocycles. The van der Waals surface area contributed by atoms with Crippen LogP contribution in [0.25, 0.3) is 0 Å². The van der Waals surface area contributed by atoms with E-state index >= 15 is 0 Å². The third kappa shape index (κ3) is 2.68. The molecule has 0 bridgehead atoms. The van der Waals surface area contributed by atoms with Crippen molar-refractivity contribution in [1.82, 2.24) is 9.80 Å². The SMILES string of the molecule is CCN1CCN(C(=O)N2c3ccccc3Sc3ccccc32)CC1. The minimum atomic E-state index is 0.0888. The smallest absolute Gasteiger partial charge is 0.321 e. The first-order valence-corrected chi connectivity index (χ1v) is 9.27. The molecule has 2 aliphatic rings. The van der Waals surface area contributed by atoms with Gasteiger partial charge in [0.25, 0.3) is 0 Å². The fraction of sp³-hybridized carbons (Fsp3) is 0.316. The van der Waals surface area contributed by atoms with E-state index < -0.39 is 0 Å². The van der Waals surface area contributed by atoms with Crippen LogP contribution in [-0.4, -0.2) is 48.6 Å². The number of benzene rings is 2. The number of amides is 2. The minimum absolute atomic E-state index is 0.0888. The van der Waals surface area contributed by atoms with Gasteiger partial charge in [-0.25, -0.2) is 4.79 Å². The van der Waals surface area contributed by atoms with E-state index in [1.54, 1.807) is 11.8 Å². The second-order valence-electron chi connectivity index (χ2n) is 6.08. The van der Waals surface area contributed by atoms with E-state index in [-0.39, 0.29) is 6.03 Å². The van der Waals surface area contributed by atoms with E-state index in [4.69, 9.17) is 0 Å². The number of carbonyl (C=O) groups excluding carboxylic acids is 1. The van der Waals surface area contributed by atoms with E-state index in [1.165, 1.54) is 0 Å². The molecule has 0 unspecified atom stereocenters. The number of para-hydroxylation sites is 2.